The third kappa shape index (κ3) is 1.59. The van der Waals surface area contributed by atoms with Gasteiger partial charge in [0.2, 0.25) is 0 Å². The van der Waals surface area contributed by atoms with Crippen LogP contribution in [-0.4, -0.2) is 17.9 Å². The molecule has 0 amide bonds. The van der Waals surface area contributed by atoms with Crippen LogP contribution in [0.2, 0.25) is 0 Å². The molecule has 0 heterocycles. The van der Waals surface area contributed by atoms with Crippen LogP contribution in [0, 0.1) is 0 Å². The summed E-state index contributed by atoms with van der Waals surface area (Å²) in [5.74, 6) is 0.289. The molecule has 0 saturated carbocycles. The summed E-state index contributed by atoms with van der Waals surface area (Å²) in [6, 6.07) is 11.6. The quantitative estimate of drug-likeness (QED) is 0.703. The number of benzene rings is 2. The van der Waals surface area contributed by atoms with E-state index < -0.39 is 0 Å². The molecule has 2 heteroatoms. The van der Waals surface area contributed by atoms with E-state index in [0.717, 1.165) is 22.0 Å². The standard InChI is InChI=1S/C13H13NO/c1-9(14-2)13-11-6-4-3-5-10(11)7-8-12(13)15/h3-8,15H,1-2H3/b14-9+. The summed E-state index contributed by atoms with van der Waals surface area (Å²) in [7, 11) is 1.73. The van der Waals surface area contributed by atoms with E-state index in [4.69, 9.17) is 0 Å². The van der Waals surface area contributed by atoms with E-state index in [1.165, 1.54) is 0 Å². The SMILES string of the molecule is C/N=C(\C)c1c(O)ccc2ccccc12. The Hall–Kier alpha value is -1.83. The summed E-state index contributed by atoms with van der Waals surface area (Å²) >= 11 is 0. The molecule has 2 aromatic carbocycles. The van der Waals surface area contributed by atoms with Gasteiger partial charge in [0.05, 0.1) is 0 Å². The molecule has 76 valence electrons. The molecular weight excluding hydrogens is 186 g/mol. The maximum atomic E-state index is 9.83. The van der Waals surface area contributed by atoms with E-state index in [2.05, 4.69) is 4.99 Å². The first-order valence-electron chi connectivity index (χ1n) is 4.88. The van der Waals surface area contributed by atoms with Crippen LogP contribution in [0.4, 0.5) is 0 Å². The van der Waals surface area contributed by atoms with E-state index in [0.29, 0.717) is 0 Å². The van der Waals surface area contributed by atoms with Gasteiger partial charge in [-0.15, -0.1) is 0 Å². The van der Waals surface area contributed by atoms with Gasteiger partial charge in [-0.2, -0.15) is 0 Å². The van der Waals surface area contributed by atoms with Crippen molar-refractivity contribution in [3.05, 3.63) is 42.0 Å². The molecule has 0 aliphatic carbocycles. The zero-order valence-corrected chi connectivity index (χ0v) is 8.86. The van der Waals surface area contributed by atoms with Crippen molar-refractivity contribution in [3.8, 4) is 5.75 Å². The number of hydrogen-bond donors (Lipinski definition) is 1. The van der Waals surface area contributed by atoms with Crippen molar-refractivity contribution in [2.45, 2.75) is 6.92 Å². The maximum Gasteiger partial charge on any atom is 0.125 e. The van der Waals surface area contributed by atoms with Gasteiger partial charge in [-0.3, -0.25) is 4.99 Å². The molecule has 15 heavy (non-hydrogen) atoms. The molecule has 2 nitrogen and oxygen atoms in total. The zero-order valence-electron chi connectivity index (χ0n) is 8.86. The summed E-state index contributed by atoms with van der Waals surface area (Å²) in [6.45, 7) is 1.90. The first-order valence-corrected chi connectivity index (χ1v) is 4.88. The largest absolute Gasteiger partial charge is 0.507 e. The number of aromatic hydroxyl groups is 1. The zero-order chi connectivity index (χ0) is 10.8. The minimum atomic E-state index is 0.289. The van der Waals surface area contributed by atoms with E-state index in [1.807, 2.05) is 37.3 Å². The van der Waals surface area contributed by atoms with Crippen molar-refractivity contribution in [2.24, 2.45) is 4.99 Å². The second-order valence-corrected chi connectivity index (χ2v) is 3.49. The molecule has 0 saturated heterocycles. The molecule has 0 fully saturated rings. The van der Waals surface area contributed by atoms with E-state index in [-0.39, 0.29) is 5.75 Å². The van der Waals surface area contributed by atoms with Gasteiger partial charge >= 0.3 is 0 Å². The predicted molar refractivity (Wildman–Crippen MR) is 63.7 cm³/mol. The Morgan fingerprint density at radius 1 is 1.13 bits per heavy atom. The second-order valence-electron chi connectivity index (χ2n) is 3.49. The first-order chi connectivity index (χ1) is 7.24. The Morgan fingerprint density at radius 2 is 1.87 bits per heavy atom. The Kier molecular flexibility index (Phi) is 2.42. The first kappa shape index (κ1) is 9.71. The average molecular weight is 199 g/mol. The van der Waals surface area contributed by atoms with Gasteiger partial charge in [0.25, 0.3) is 0 Å². The lowest BCUT2D eigenvalue weighted by Crippen LogP contribution is -1.96. The van der Waals surface area contributed by atoms with Gasteiger partial charge in [-0.25, -0.2) is 0 Å². The molecule has 0 aliphatic heterocycles. The fourth-order valence-electron chi connectivity index (χ4n) is 1.75. The molecule has 0 atom stereocenters. The number of nitrogens with zero attached hydrogens (tertiary/aromatic N) is 1. The Balaban J connectivity index is 2.86. The summed E-state index contributed by atoms with van der Waals surface area (Å²) in [6.07, 6.45) is 0. The van der Waals surface area contributed by atoms with Crippen LogP contribution >= 0.6 is 0 Å². The van der Waals surface area contributed by atoms with Crippen LogP contribution in [0.5, 0.6) is 5.75 Å². The number of rotatable bonds is 1. The highest BCUT2D eigenvalue weighted by Crippen LogP contribution is 2.27. The molecule has 0 spiro atoms. The fourth-order valence-corrected chi connectivity index (χ4v) is 1.75. The highest BCUT2D eigenvalue weighted by Gasteiger charge is 2.08. The second kappa shape index (κ2) is 3.73. The Morgan fingerprint density at radius 3 is 2.60 bits per heavy atom. The molecule has 1 N–H and O–H groups in total. The van der Waals surface area contributed by atoms with Crippen LogP contribution in [0.25, 0.3) is 10.8 Å². The molecule has 2 aromatic rings. The monoisotopic (exact) mass is 199 g/mol. The van der Waals surface area contributed by atoms with Crippen LogP contribution in [-0.2, 0) is 0 Å². The van der Waals surface area contributed by atoms with Crippen molar-refractivity contribution in [3.63, 3.8) is 0 Å². The van der Waals surface area contributed by atoms with Crippen molar-refractivity contribution >= 4 is 16.5 Å². The minimum Gasteiger partial charge on any atom is -0.507 e. The maximum absolute atomic E-state index is 9.83. The normalized spacial score (nSPS) is 12.0. The number of phenolic OH excluding ortho intramolecular Hbond substituents is 1. The lowest BCUT2D eigenvalue weighted by Gasteiger charge is -2.08. The lowest BCUT2D eigenvalue weighted by atomic mass is 10.0. The highest BCUT2D eigenvalue weighted by atomic mass is 16.3. The van der Waals surface area contributed by atoms with Crippen molar-refractivity contribution < 1.29 is 5.11 Å². The summed E-state index contributed by atoms with van der Waals surface area (Å²) in [5, 5.41) is 12.0. The fraction of sp³-hybridized carbons (Fsp3) is 0.154. The Labute approximate surface area is 88.9 Å². The third-order valence-corrected chi connectivity index (χ3v) is 2.60. The van der Waals surface area contributed by atoms with Gasteiger partial charge in [0, 0.05) is 18.3 Å². The minimum absolute atomic E-state index is 0.289. The summed E-state index contributed by atoms with van der Waals surface area (Å²) in [4.78, 5) is 4.13. The number of aliphatic imine (C=N–C) groups is 1. The van der Waals surface area contributed by atoms with Gasteiger partial charge in [0.15, 0.2) is 0 Å². The van der Waals surface area contributed by atoms with Gasteiger partial charge in [-0.05, 0) is 23.8 Å². The van der Waals surface area contributed by atoms with Crippen molar-refractivity contribution in [2.75, 3.05) is 7.05 Å². The molecule has 0 unspecified atom stereocenters. The molecule has 0 aromatic heterocycles. The summed E-state index contributed by atoms with van der Waals surface area (Å²) in [5.41, 5.74) is 1.68. The third-order valence-electron chi connectivity index (χ3n) is 2.60. The van der Waals surface area contributed by atoms with E-state index in [1.54, 1.807) is 13.1 Å². The molecule has 2 rings (SSSR count). The van der Waals surface area contributed by atoms with Crippen LogP contribution in [0.15, 0.2) is 41.4 Å². The topological polar surface area (TPSA) is 32.6 Å². The average Bonchev–Trinajstić information content (AvgIpc) is 2.28. The van der Waals surface area contributed by atoms with Gasteiger partial charge in [0.1, 0.15) is 5.75 Å². The van der Waals surface area contributed by atoms with Gasteiger partial charge < -0.3 is 5.11 Å². The molecule has 0 aliphatic rings. The number of phenols is 1. The summed E-state index contributed by atoms with van der Waals surface area (Å²) < 4.78 is 0. The van der Waals surface area contributed by atoms with Crippen molar-refractivity contribution in [1.29, 1.82) is 0 Å². The van der Waals surface area contributed by atoms with Crippen LogP contribution < -0.4 is 0 Å². The van der Waals surface area contributed by atoms with Crippen molar-refractivity contribution in [1.82, 2.24) is 0 Å². The molecule has 0 radical (unpaired) electrons. The predicted octanol–water partition coefficient (Wildman–Crippen LogP) is 2.98. The van der Waals surface area contributed by atoms with Crippen LogP contribution in [0.1, 0.15) is 12.5 Å². The van der Waals surface area contributed by atoms with Gasteiger partial charge in [-0.1, -0.05) is 30.3 Å². The van der Waals surface area contributed by atoms with E-state index in [9.17, 15) is 5.11 Å². The Bertz CT molecular complexity index is 529. The molecule has 0 bridgehead atoms. The van der Waals surface area contributed by atoms with E-state index >= 15 is 0 Å². The molecular formula is C13H13NO. The number of fused-ring (bicyclic) bond motifs is 1. The number of hydrogen-bond acceptors (Lipinski definition) is 2. The van der Waals surface area contributed by atoms with Crippen LogP contribution in [0.3, 0.4) is 0 Å². The smallest absolute Gasteiger partial charge is 0.125 e. The highest BCUT2D eigenvalue weighted by molar-refractivity contribution is 6.11. The lowest BCUT2D eigenvalue weighted by molar-refractivity contribution is 0.475.